The fraction of sp³-hybridized carbons (Fsp3) is 0.250. The molecule has 108 valence electrons. The van der Waals surface area contributed by atoms with Crippen molar-refractivity contribution in [2.45, 2.75) is 26.4 Å². The molecule has 0 atom stereocenters. The van der Waals surface area contributed by atoms with E-state index in [0.29, 0.717) is 0 Å². The van der Waals surface area contributed by atoms with Gasteiger partial charge in [-0.15, -0.1) is 11.3 Å². The molecule has 0 bridgehead atoms. The highest BCUT2D eigenvalue weighted by atomic mass is 32.1. The maximum atomic E-state index is 4.13. The van der Waals surface area contributed by atoms with Crippen molar-refractivity contribution >= 4 is 17.0 Å². The first-order chi connectivity index (χ1) is 10.3. The monoisotopic (exact) mass is 298 g/mol. The highest BCUT2D eigenvalue weighted by Gasteiger charge is 2.01. The van der Waals surface area contributed by atoms with Gasteiger partial charge in [-0.1, -0.05) is 19.1 Å². The fourth-order valence-corrected chi connectivity index (χ4v) is 3.08. The summed E-state index contributed by atoms with van der Waals surface area (Å²) in [5.41, 5.74) is 2.35. The van der Waals surface area contributed by atoms with Gasteiger partial charge in [-0.3, -0.25) is 0 Å². The van der Waals surface area contributed by atoms with E-state index in [9.17, 15) is 0 Å². The van der Waals surface area contributed by atoms with Crippen LogP contribution in [0.25, 0.3) is 0 Å². The summed E-state index contributed by atoms with van der Waals surface area (Å²) in [6.45, 7) is 3.81. The molecule has 4 nitrogen and oxygen atoms in total. The molecule has 0 saturated carbocycles. The van der Waals surface area contributed by atoms with Crippen LogP contribution >= 0.6 is 11.3 Å². The lowest BCUT2D eigenvalue weighted by Crippen LogP contribution is -2.02. The molecule has 21 heavy (non-hydrogen) atoms. The lowest BCUT2D eigenvalue weighted by atomic mass is 10.2. The summed E-state index contributed by atoms with van der Waals surface area (Å²) >= 11 is 1.88. The lowest BCUT2D eigenvalue weighted by molar-refractivity contribution is 0.685. The normalized spacial score (nSPS) is 10.7. The summed E-state index contributed by atoms with van der Waals surface area (Å²) in [7, 11) is 0. The Bertz CT molecular complexity index is 688. The number of hydrogen-bond donors (Lipinski definition) is 1. The minimum absolute atomic E-state index is 0.745. The van der Waals surface area contributed by atoms with Crippen molar-refractivity contribution in [2.75, 3.05) is 5.32 Å². The molecule has 0 radical (unpaired) electrons. The van der Waals surface area contributed by atoms with Crippen LogP contribution in [-0.4, -0.2) is 14.8 Å². The Kier molecular flexibility index (Phi) is 4.31. The molecular formula is C16H18N4S. The number of anilines is 1. The Morgan fingerprint density at radius 2 is 2.10 bits per heavy atom. The van der Waals surface area contributed by atoms with Gasteiger partial charge in [0.1, 0.15) is 12.7 Å². The molecule has 3 rings (SSSR count). The second-order valence-electron chi connectivity index (χ2n) is 4.87. The van der Waals surface area contributed by atoms with Crippen LogP contribution in [0, 0.1) is 0 Å². The number of nitrogens with zero attached hydrogens (tertiary/aromatic N) is 3. The van der Waals surface area contributed by atoms with Crippen molar-refractivity contribution in [3.8, 4) is 0 Å². The Morgan fingerprint density at radius 3 is 2.86 bits per heavy atom. The minimum Gasteiger partial charge on any atom is -0.380 e. The molecule has 2 heterocycles. The number of aryl methyl sites for hydroxylation is 1. The van der Waals surface area contributed by atoms with Gasteiger partial charge in [0.25, 0.3) is 0 Å². The Morgan fingerprint density at radius 1 is 1.19 bits per heavy atom. The predicted molar refractivity (Wildman–Crippen MR) is 86.6 cm³/mol. The zero-order chi connectivity index (χ0) is 14.5. The van der Waals surface area contributed by atoms with E-state index in [1.165, 1.54) is 15.3 Å². The van der Waals surface area contributed by atoms with Gasteiger partial charge >= 0.3 is 0 Å². The van der Waals surface area contributed by atoms with Crippen LogP contribution in [0.4, 0.5) is 5.69 Å². The molecule has 3 aromatic rings. The van der Waals surface area contributed by atoms with Gasteiger partial charge in [0.15, 0.2) is 0 Å². The van der Waals surface area contributed by atoms with Gasteiger partial charge in [0.2, 0.25) is 0 Å². The molecule has 1 N–H and O–H groups in total. The fourth-order valence-electron chi connectivity index (χ4n) is 2.18. The second-order valence-corrected chi connectivity index (χ2v) is 6.12. The third-order valence-electron chi connectivity index (χ3n) is 3.27. The van der Waals surface area contributed by atoms with Crippen molar-refractivity contribution in [3.63, 3.8) is 0 Å². The van der Waals surface area contributed by atoms with Crippen molar-refractivity contribution in [1.29, 1.82) is 0 Å². The van der Waals surface area contributed by atoms with Gasteiger partial charge in [0, 0.05) is 22.0 Å². The molecule has 1 aromatic carbocycles. The zero-order valence-corrected chi connectivity index (χ0v) is 12.8. The van der Waals surface area contributed by atoms with Crippen LogP contribution in [0.5, 0.6) is 0 Å². The van der Waals surface area contributed by atoms with Crippen LogP contribution in [0.3, 0.4) is 0 Å². The number of benzene rings is 1. The van der Waals surface area contributed by atoms with Gasteiger partial charge < -0.3 is 5.32 Å². The van der Waals surface area contributed by atoms with E-state index in [2.05, 4.69) is 58.7 Å². The van der Waals surface area contributed by atoms with Crippen molar-refractivity contribution in [2.24, 2.45) is 0 Å². The number of thiophene rings is 1. The summed E-state index contributed by atoms with van der Waals surface area (Å²) in [5.74, 6) is 0. The third kappa shape index (κ3) is 3.70. The van der Waals surface area contributed by atoms with Crippen molar-refractivity contribution < 1.29 is 0 Å². The van der Waals surface area contributed by atoms with Gasteiger partial charge in [-0.05, 0) is 36.2 Å². The number of hydrogen-bond acceptors (Lipinski definition) is 4. The van der Waals surface area contributed by atoms with Crippen molar-refractivity contribution in [3.05, 3.63) is 64.4 Å². The number of aromatic nitrogens is 3. The molecule has 0 aliphatic carbocycles. The summed E-state index contributed by atoms with van der Waals surface area (Å²) in [5, 5.41) is 7.62. The third-order valence-corrected chi connectivity index (χ3v) is 4.50. The number of rotatable bonds is 6. The quantitative estimate of drug-likeness (QED) is 0.756. The molecule has 5 heteroatoms. The molecule has 0 aliphatic heterocycles. The summed E-state index contributed by atoms with van der Waals surface area (Å²) in [4.78, 5) is 6.77. The van der Waals surface area contributed by atoms with Gasteiger partial charge in [-0.2, -0.15) is 5.10 Å². The Labute approximate surface area is 128 Å². The van der Waals surface area contributed by atoms with Crippen LogP contribution in [-0.2, 0) is 19.5 Å². The maximum Gasteiger partial charge on any atom is 0.137 e. The molecule has 0 saturated heterocycles. The molecule has 2 aromatic heterocycles. The summed E-state index contributed by atoms with van der Waals surface area (Å²) in [6, 6.07) is 12.8. The van der Waals surface area contributed by atoms with E-state index in [4.69, 9.17) is 0 Å². The highest BCUT2D eigenvalue weighted by molar-refractivity contribution is 7.12. The van der Waals surface area contributed by atoms with E-state index < -0.39 is 0 Å². The molecule has 0 spiro atoms. The highest BCUT2D eigenvalue weighted by Crippen LogP contribution is 2.19. The SMILES string of the molecule is CCc1ccc(CNc2cccc(Cn3cncn3)c2)s1. The average Bonchev–Trinajstić information content (AvgIpc) is 3.17. The predicted octanol–water partition coefficient (Wildman–Crippen LogP) is 3.56. The maximum absolute atomic E-state index is 4.13. The van der Waals surface area contributed by atoms with E-state index in [1.807, 2.05) is 16.0 Å². The van der Waals surface area contributed by atoms with Crippen LogP contribution in [0.15, 0.2) is 49.1 Å². The van der Waals surface area contributed by atoms with Gasteiger partial charge in [-0.25, -0.2) is 9.67 Å². The van der Waals surface area contributed by atoms with Gasteiger partial charge in [0.05, 0.1) is 6.54 Å². The molecular weight excluding hydrogens is 280 g/mol. The summed E-state index contributed by atoms with van der Waals surface area (Å²) < 4.78 is 1.83. The van der Waals surface area contributed by atoms with Crippen LogP contribution < -0.4 is 5.32 Å². The van der Waals surface area contributed by atoms with E-state index in [0.717, 1.165) is 25.2 Å². The second kappa shape index (κ2) is 6.54. The largest absolute Gasteiger partial charge is 0.380 e. The number of nitrogens with one attached hydrogen (secondary N) is 1. The topological polar surface area (TPSA) is 42.7 Å². The molecule has 0 fully saturated rings. The summed E-state index contributed by atoms with van der Waals surface area (Å²) in [6.07, 6.45) is 4.40. The van der Waals surface area contributed by atoms with E-state index >= 15 is 0 Å². The van der Waals surface area contributed by atoms with E-state index in [1.54, 1.807) is 12.7 Å². The van der Waals surface area contributed by atoms with Crippen LogP contribution in [0.2, 0.25) is 0 Å². The first-order valence-electron chi connectivity index (χ1n) is 7.06. The molecule has 0 amide bonds. The zero-order valence-electron chi connectivity index (χ0n) is 12.0. The first kappa shape index (κ1) is 13.8. The van der Waals surface area contributed by atoms with Crippen molar-refractivity contribution in [1.82, 2.24) is 14.8 Å². The first-order valence-corrected chi connectivity index (χ1v) is 7.88. The Hall–Kier alpha value is -2.14. The molecule has 0 aliphatic rings. The minimum atomic E-state index is 0.745. The molecule has 0 unspecified atom stereocenters. The average molecular weight is 298 g/mol. The standard InChI is InChI=1S/C16H18N4S/c1-2-15-6-7-16(21-15)9-18-14-5-3-4-13(8-14)10-20-12-17-11-19-20/h3-8,11-12,18H,2,9-10H2,1H3. The smallest absolute Gasteiger partial charge is 0.137 e. The lowest BCUT2D eigenvalue weighted by Gasteiger charge is -2.07. The Balaban J connectivity index is 1.63. The van der Waals surface area contributed by atoms with Crippen LogP contribution in [0.1, 0.15) is 22.2 Å². The van der Waals surface area contributed by atoms with E-state index in [-0.39, 0.29) is 0 Å².